The molecule has 0 aliphatic carbocycles. The lowest BCUT2D eigenvalue weighted by Crippen LogP contribution is -2.17. The second kappa shape index (κ2) is 8.36. The van der Waals surface area contributed by atoms with Crippen LogP contribution in [0.25, 0.3) is 0 Å². The summed E-state index contributed by atoms with van der Waals surface area (Å²) >= 11 is 0.931. The van der Waals surface area contributed by atoms with Crippen LogP contribution >= 0.6 is 11.3 Å². The second-order valence-corrected chi connectivity index (χ2v) is 9.35. The van der Waals surface area contributed by atoms with E-state index in [4.69, 9.17) is 9.47 Å². The number of fused-ring (bicyclic) bond motifs is 1. The zero-order valence-electron chi connectivity index (χ0n) is 16.6. The summed E-state index contributed by atoms with van der Waals surface area (Å²) in [6.07, 6.45) is 1.47. The molecule has 3 aromatic rings. The monoisotopic (exact) mass is 458 g/mol. The third-order valence-electron chi connectivity index (χ3n) is 4.33. The zero-order chi connectivity index (χ0) is 22.0. The number of rotatable bonds is 6. The Morgan fingerprint density at radius 1 is 1.13 bits per heavy atom. The van der Waals surface area contributed by atoms with Crippen LogP contribution in [0.15, 0.2) is 52.5 Å². The van der Waals surface area contributed by atoms with Crippen LogP contribution in [-0.4, -0.2) is 32.3 Å². The first-order valence-corrected chi connectivity index (χ1v) is 11.4. The minimum atomic E-state index is -3.80. The van der Waals surface area contributed by atoms with Gasteiger partial charge < -0.3 is 9.47 Å². The van der Waals surface area contributed by atoms with E-state index in [1.807, 2.05) is 6.92 Å². The predicted molar refractivity (Wildman–Crippen MR) is 116 cm³/mol. The van der Waals surface area contributed by atoms with E-state index < -0.39 is 15.9 Å². The molecule has 11 heteroatoms. The van der Waals surface area contributed by atoms with Gasteiger partial charge in [0.05, 0.1) is 16.8 Å². The van der Waals surface area contributed by atoms with Crippen molar-refractivity contribution in [2.45, 2.75) is 18.7 Å². The Bertz CT molecular complexity index is 1270. The summed E-state index contributed by atoms with van der Waals surface area (Å²) in [5.41, 5.74) is 4.48. The lowest BCUT2D eigenvalue weighted by atomic mass is 10.2. The topological polar surface area (TPSA) is 119 Å². The van der Waals surface area contributed by atoms with E-state index in [9.17, 15) is 13.2 Å². The lowest BCUT2D eigenvalue weighted by Gasteiger charge is -2.05. The number of carbonyl (C=O) groups excluding carboxylic acids is 1. The summed E-state index contributed by atoms with van der Waals surface area (Å²) in [4.78, 5) is 17.0. The van der Waals surface area contributed by atoms with Gasteiger partial charge in [-0.15, -0.1) is 0 Å². The number of aryl methyl sites for hydroxylation is 2. The second-order valence-electron chi connectivity index (χ2n) is 6.66. The molecule has 1 aliphatic rings. The van der Waals surface area contributed by atoms with Crippen LogP contribution in [0.4, 0.5) is 5.13 Å². The lowest BCUT2D eigenvalue weighted by molar-refractivity contribution is 0.0958. The fourth-order valence-corrected chi connectivity index (χ4v) is 4.84. The summed E-state index contributed by atoms with van der Waals surface area (Å²) in [6.45, 7) is 3.66. The molecule has 0 fully saturated rings. The Morgan fingerprint density at radius 2 is 1.87 bits per heavy atom. The molecular formula is C20H18N4O5S2. The molecule has 31 heavy (non-hydrogen) atoms. The molecule has 2 heterocycles. The van der Waals surface area contributed by atoms with Crippen molar-refractivity contribution in [3.63, 3.8) is 0 Å². The number of hydrazone groups is 1. The van der Waals surface area contributed by atoms with Crippen molar-refractivity contribution in [3.8, 4) is 11.5 Å². The van der Waals surface area contributed by atoms with E-state index in [1.165, 1.54) is 18.3 Å². The van der Waals surface area contributed by atoms with Crippen LogP contribution in [0, 0.1) is 13.8 Å². The van der Waals surface area contributed by atoms with Crippen molar-refractivity contribution in [3.05, 3.63) is 64.2 Å². The first-order chi connectivity index (χ1) is 14.8. The molecule has 1 aromatic heterocycles. The van der Waals surface area contributed by atoms with Crippen LogP contribution in [0.5, 0.6) is 11.5 Å². The standard InChI is InChI=1S/C20H18N4O5S2/c1-12-3-6-15(7-4-12)31(26,27)24-20-22-13(2)18(30-20)19(25)23-21-10-14-5-8-16-17(9-14)29-11-28-16/h3-10H,11H2,1-2H3,(H,22,24)(H,23,25). The molecule has 0 saturated heterocycles. The predicted octanol–water partition coefficient (Wildman–Crippen LogP) is 3.05. The highest BCUT2D eigenvalue weighted by atomic mass is 32.2. The van der Waals surface area contributed by atoms with Gasteiger partial charge in [0.25, 0.3) is 15.9 Å². The molecule has 160 valence electrons. The maximum atomic E-state index is 12.5. The molecule has 1 amide bonds. The van der Waals surface area contributed by atoms with E-state index in [0.29, 0.717) is 17.2 Å². The van der Waals surface area contributed by atoms with E-state index in [0.717, 1.165) is 22.5 Å². The van der Waals surface area contributed by atoms with Gasteiger partial charge in [-0.25, -0.2) is 18.8 Å². The van der Waals surface area contributed by atoms with Crippen LogP contribution < -0.4 is 19.6 Å². The molecule has 4 rings (SSSR count). The van der Waals surface area contributed by atoms with E-state index in [-0.39, 0.29) is 21.7 Å². The number of ether oxygens (including phenoxy) is 2. The molecule has 9 nitrogen and oxygen atoms in total. The van der Waals surface area contributed by atoms with Gasteiger partial charge >= 0.3 is 0 Å². The van der Waals surface area contributed by atoms with E-state index in [2.05, 4.69) is 20.2 Å². The van der Waals surface area contributed by atoms with Gasteiger partial charge in [0.2, 0.25) is 6.79 Å². The molecule has 2 N–H and O–H groups in total. The van der Waals surface area contributed by atoms with Crippen molar-refractivity contribution >= 4 is 38.6 Å². The van der Waals surface area contributed by atoms with E-state index in [1.54, 1.807) is 37.3 Å². The molecule has 2 aromatic carbocycles. The van der Waals surface area contributed by atoms with Gasteiger partial charge in [-0.1, -0.05) is 29.0 Å². The third-order valence-corrected chi connectivity index (χ3v) is 6.89. The summed E-state index contributed by atoms with van der Waals surface area (Å²) in [5, 5.41) is 4.04. The highest BCUT2D eigenvalue weighted by molar-refractivity contribution is 7.93. The van der Waals surface area contributed by atoms with Crippen LogP contribution in [-0.2, 0) is 10.0 Å². The molecule has 0 atom stereocenters. The highest BCUT2D eigenvalue weighted by Crippen LogP contribution is 2.32. The van der Waals surface area contributed by atoms with Gasteiger partial charge in [0.1, 0.15) is 4.88 Å². The van der Waals surface area contributed by atoms with Crippen molar-refractivity contribution < 1.29 is 22.7 Å². The smallest absolute Gasteiger partial charge is 0.283 e. The summed E-state index contributed by atoms with van der Waals surface area (Å²) in [5.74, 6) is 0.772. The number of amides is 1. The molecule has 0 radical (unpaired) electrons. The Hall–Kier alpha value is -3.44. The Kier molecular flexibility index (Phi) is 5.61. The zero-order valence-corrected chi connectivity index (χ0v) is 18.2. The molecule has 0 unspecified atom stereocenters. The molecule has 0 bridgehead atoms. The highest BCUT2D eigenvalue weighted by Gasteiger charge is 2.20. The van der Waals surface area contributed by atoms with Crippen molar-refractivity contribution in [2.75, 3.05) is 11.5 Å². The number of sulfonamides is 1. The number of nitrogens with zero attached hydrogens (tertiary/aromatic N) is 2. The van der Waals surface area contributed by atoms with Gasteiger partial charge in [0.15, 0.2) is 16.6 Å². The summed E-state index contributed by atoms with van der Waals surface area (Å²) in [7, 11) is -3.80. The first kappa shape index (κ1) is 20.8. The number of hydrogen-bond donors (Lipinski definition) is 2. The average Bonchev–Trinajstić information content (AvgIpc) is 3.33. The molecule has 1 aliphatic heterocycles. The van der Waals surface area contributed by atoms with Gasteiger partial charge in [-0.3, -0.25) is 9.52 Å². The average molecular weight is 459 g/mol. The minimum absolute atomic E-state index is 0.1000. The number of hydrogen-bond acceptors (Lipinski definition) is 8. The van der Waals surface area contributed by atoms with Crippen molar-refractivity contribution in [1.82, 2.24) is 10.4 Å². The van der Waals surface area contributed by atoms with Crippen molar-refractivity contribution in [1.29, 1.82) is 0 Å². The Balaban J connectivity index is 1.43. The van der Waals surface area contributed by atoms with Crippen LogP contribution in [0.3, 0.4) is 0 Å². The molecule has 0 saturated carbocycles. The van der Waals surface area contributed by atoms with Crippen molar-refractivity contribution in [2.24, 2.45) is 5.10 Å². The number of anilines is 1. The molecule has 0 spiro atoms. The largest absolute Gasteiger partial charge is 0.454 e. The number of aromatic nitrogens is 1. The Morgan fingerprint density at radius 3 is 2.65 bits per heavy atom. The normalized spacial score (nSPS) is 12.8. The number of benzene rings is 2. The fourth-order valence-electron chi connectivity index (χ4n) is 2.75. The number of thiazole rings is 1. The maximum Gasteiger partial charge on any atom is 0.283 e. The first-order valence-electron chi connectivity index (χ1n) is 9.12. The Labute approximate surface area is 182 Å². The quantitative estimate of drug-likeness (QED) is 0.433. The summed E-state index contributed by atoms with van der Waals surface area (Å²) in [6, 6.07) is 11.7. The summed E-state index contributed by atoms with van der Waals surface area (Å²) < 4.78 is 38.0. The van der Waals surface area contributed by atoms with E-state index >= 15 is 0 Å². The van der Waals surface area contributed by atoms with Gasteiger partial charge in [-0.2, -0.15) is 5.10 Å². The molecular weight excluding hydrogens is 440 g/mol. The number of nitrogens with one attached hydrogen (secondary N) is 2. The minimum Gasteiger partial charge on any atom is -0.454 e. The number of carbonyl (C=O) groups is 1. The third kappa shape index (κ3) is 4.67. The maximum absolute atomic E-state index is 12.5. The van der Waals surface area contributed by atoms with Gasteiger partial charge in [0, 0.05) is 0 Å². The van der Waals surface area contributed by atoms with Crippen LogP contribution in [0.1, 0.15) is 26.5 Å². The SMILES string of the molecule is Cc1ccc(S(=O)(=O)Nc2nc(C)c(C(=O)NN=Cc3ccc4c(c3)OCO4)s2)cc1. The van der Waals surface area contributed by atoms with Gasteiger partial charge in [-0.05, 0) is 49.7 Å². The fraction of sp³-hybridized carbons (Fsp3) is 0.150. The van der Waals surface area contributed by atoms with Crippen LogP contribution in [0.2, 0.25) is 0 Å².